The van der Waals surface area contributed by atoms with Crippen molar-refractivity contribution in [3.05, 3.63) is 71.8 Å². The number of likely N-dealkylation sites (N-methyl/N-ethyl adjacent to an activating group) is 1. The summed E-state index contributed by atoms with van der Waals surface area (Å²) in [6.45, 7) is 3.11. The van der Waals surface area contributed by atoms with Gasteiger partial charge in [0.1, 0.15) is 12.1 Å². The highest BCUT2D eigenvalue weighted by atomic mass is 19.3. The van der Waals surface area contributed by atoms with Crippen LogP contribution in [-0.4, -0.2) is 47.2 Å². The fourth-order valence-corrected chi connectivity index (χ4v) is 7.14. The normalized spacial score (nSPS) is 34.2. The second-order valence-corrected chi connectivity index (χ2v) is 11.2. The number of hydrogen-bond donors (Lipinski definition) is 1. The molecule has 2 saturated carbocycles. The number of rotatable bonds is 6. The standard InChI is InChI=1S/C29H36F2NO3/c1-20(21-10-5-3-6-11-21)32(2)19-22-15-16-25(32)26(22)35-27(33)29(34,23-12-7-4-8-13-23)24-14-9-17-28(30,31)18-24/h3-8,10-13,20,22,24-26,34H,9,14-19H2,1-2H3/q+1/t20-,22?,24+,25-,26?,29+,32?/m1/s1. The summed E-state index contributed by atoms with van der Waals surface area (Å²) in [6.07, 6.45) is 1.53. The van der Waals surface area contributed by atoms with Crippen molar-refractivity contribution in [1.29, 1.82) is 0 Å². The van der Waals surface area contributed by atoms with E-state index in [2.05, 4.69) is 26.1 Å². The molecule has 3 fully saturated rings. The number of ether oxygens (including phenoxy) is 1. The Labute approximate surface area is 206 Å². The van der Waals surface area contributed by atoms with Gasteiger partial charge in [0.25, 0.3) is 0 Å². The highest BCUT2D eigenvalue weighted by Gasteiger charge is 2.61. The largest absolute Gasteiger partial charge is 0.453 e. The molecule has 7 atom stereocenters. The molecule has 1 aliphatic heterocycles. The molecule has 35 heavy (non-hydrogen) atoms. The first-order chi connectivity index (χ1) is 16.6. The number of hydrogen-bond acceptors (Lipinski definition) is 3. The minimum atomic E-state index is -2.89. The molecule has 0 aromatic heterocycles. The van der Waals surface area contributed by atoms with Gasteiger partial charge >= 0.3 is 5.97 Å². The van der Waals surface area contributed by atoms with Crippen molar-refractivity contribution >= 4 is 5.97 Å². The van der Waals surface area contributed by atoms with E-state index in [4.69, 9.17) is 4.74 Å². The summed E-state index contributed by atoms with van der Waals surface area (Å²) in [5.74, 6) is -4.34. The van der Waals surface area contributed by atoms with Crippen LogP contribution in [0.3, 0.4) is 0 Å². The van der Waals surface area contributed by atoms with E-state index in [1.807, 2.05) is 18.2 Å². The van der Waals surface area contributed by atoms with Crippen LogP contribution in [0.2, 0.25) is 0 Å². The molecule has 3 aliphatic rings. The number of benzene rings is 2. The minimum absolute atomic E-state index is 0.118. The zero-order valence-corrected chi connectivity index (χ0v) is 20.6. The maximum atomic E-state index is 14.4. The summed E-state index contributed by atoms with van der Waals surface area (Å²) in [5, 5.41) is 11.9. The maximum absolute atomic E-state index is 14.4. The van der Waals surface area contributed by atoms with E-state index < -0.39 is 29.8 Å². The zero-order chi connectivity index (χ0) is 24.8. The summed E-state index contributed by atoms with van der Waals surface area (Å²) in [4.78, 5) is 13.8. The molecular formula is C29H36F2NO3+. The lowest BCUT2D eigenvalue weighted by Gasteiger charge is -2.44. The van der Waals surface area contributed by atoms with Crippen LogP contribution in [0.25, 0.3) is 0 Å². The van der Waals surface area contributed by atoms with Crippen LogP contribution in [-0.2, 0) is 15.1 Å². The van der Waals surface area contributed by atoms with Crippen LogP contribution in [0.4, 0.5) is 8.78 Å². The molecule has 6 heteroatoms. The van der Waals surface area contributed by atoms with E-state index in [-0.39, 0.29) is 36.9 Å². The van der Waals surface area contributed by atoms with E-state index >= 15 is 0 Å². The summed E-state index contributed by atoms with van der Waals surface area (Å²) in [7, 11) is 2.23. The molecule has 5 rings (SSSR count). The lowest BCUT2D eigenvalue weighted by atomic mass is 9.72. The van der Waals surface area contributed by atoms with Gasteiger partial charge < -0.3 is 14.3 Å². The molecule has 3 unspecified atom stereocenters. The third-order valence-corrected chi connectivity index (χ3v) is 9.23. The molecule has 0 radical (unpaired) electrons. The highest BCUT2D eigenvalue weighted by molar-refractivity contribution is 5.82. The molecule has 2 aromatic rings. The lowest BCUT2D eigenvalue weighted by Crippen LogP contribution is -2.54. The van der Waals surface area contributed by atoms with Crippen molar-refractivity contribution in [3.8, 4) is 0 Å². The summed E-state index contributed by atoms with van der Waals surface area (Å²) < 4.78 is 35.7. The smallest absolute Gasteiger partial charge is 0.343 e. The second kappa shape index (κ2) is 8.97. The first kappa shape index (κ1) is 24.4. The third-order valence-electron chi connectivity index (χ3n) is 9.23. The van der Waals surface area contributed by atoms with Crippen molar-refractivity contribution < 1.29 is 27.9 Å². The topological polar surface area (TPSA) is 46.5 Å². The van der Waals surface area contributed by atoms with Gasteiger partial charge in [-0.3, -0.25) is 0 Å². The Kier molecular flexibility index (Phi) is 6.25. The quantitative estimate of drug-likeness (QED) is 0.428. The van der Waals surface area contributed by atoms with E-state index in [0.717, 1.165) is 23.9 Å². The van der Waals surface area contributed by atoms with Gasteiger partial charge in [-0.15, -0.1) is 0 Å². The average Bonchev–Trinajstić information content (AvgIpc) is 3.37. The predicted molar refractivity (Wildman–Crippen MR) is 130 cm³/mol. The fraction of sp³-hybridized carbons (Fsp3) is 0.552. The van der Waals surface area contributed by atoms with E-state index in [1.54, 1.807) is 30.3 Å². The Hall–Kier alpha value is -2.31. The third kappa shape index (κ3) is 4.19. The Morgan fingerprint density at radius 2 is 1.74 bits per heavy atom. The van der Waals surface area contributed by atoms with Crippen molar-refractivity contribution in [2.75, 3.05) is 13.6 Å². The van der Waals surface area contributed by atoms with Crippen LogP contribution in [0.1, 0.15) is 62.6 Å². The minimum Gasteiger partial charge on any atom is -0.453 e. The first-order valence-electron chi connectivity index (χ1n) is 12.9. The highest BCUT2D eigenvalue weighted by Crippen LogP contribution is 2.51. The number of carbonyl (C=O) groups excluding carboxylic acids is 1. The molecule has 0 amide bonds. The van der Waals surface area contributed by atoms with Crippen LogP contribution in [0.15, 0.2) is 60.7 Å². The Morgan fingerprint density at radius 3 is 2.40 bits per heavy atom. The van der Waals surface area contributed by atoms with E-state index in [1.165, 1.54) is 5.56 Å². The average molecular weight is 485 g/mol. The van der Waals surface area contributed by atoms with Crippen molar-refractivity contribution in [3.63, 3.8) is 0 Å². The van der Waals surface area contributed by atoms with E-state index in [0.29, 0.717) is 12.0 Å². The summed E-state index contributed by atoms with van der Waals surface area (Å²) >= 11 is 0. The number of quaternary nitrogens is 1. The van der Waals surface area contributed by atoms with Crippen LogP contribution in [0.5, 0.6) is 0 Å². The molecule has 2 aliphatic carbocycles. The molecule has 2 aromatic carbocycles. The molecule has 1 N–H and O–H groups in total. The summed E-state index contributed by atoms with van der Waals surface area (Å²) in [6, 6.07) is 19.3. The number of esters is 1. The monoisotopic (exact) mass is 484 g/mol. The summed E-state index contributed by atoms with van der Waals surface area (Å²) in [5.41, 5.74) is -0.493. The number of aliphatic hydroxyl groups is 1. The van der Waals surface area contributed by atoms with Crippen molar-refractivity contribution in [1.82, 2.24) is 0 Å². The van der Waals surface area contributed by atoms with Crippen molar-refractivity contribution in [2.24, 2.45) is 11.8 Å². The lowest BCUT2D eigenvalue weighted by molar-refractivity contribution is -0.954. The van der Waals surface area contributed by atoms with Gasteiger partial charge in [0, 0.05) is 30.7 Å². The van der Waals surface area contributed by atoms with Gasteiger partial charge in [-0.05, 0) is 31.7 Å². The molecular weight excluding hydrogens is 448 g/mol. The number of halogens is 2. The number of likely N-dealkylation sites (tertiary alicyclic amines) is 1. The van der Waals surface area contributed by atoms with Gasteiger partial charge in [-0.1, -0.05) is 60.7 Å². The van der Waals surface area contributed by atoms with Gasteiger partial charge in [0.05, 0.1) is 19.5 Å². The van der Waals surface area contributed by atoms with E-state index in [9.17, 15) is 18.7 Å². The number of piperidine rings is 1. The van der Waals surface area contributed by atoms with Gasteiger partial charge in [0.2, 0.25) is 5.92 Å². The Balaban J connectivity index is 1.42. The van der Waals surface area contributed by atoms with Crippen LogP contribution in [0, 0.1) is 11.8 Å². The second-order valence-electron chi connectivity index (χ2n) is 11.2. The van der Waals surface area contributed by atoms with Crippen LogP contribution < -0.4 is 0 Å². The first-order valence-corrected chi connectivity index (χ1v) is 12.9. The fourth-order valence-electron chi connectivity index (χ4n) is 7.14. The molecule has 2 bridgehead atoms. The molecule has 0 spiro atoms. The molecule has 188 valence electrons. The van der Waals surface area contributed by atoms with Crippen molar-refractivity contribution in [2.45, 2.75) is 75.2 Å². The maximum Gasteiger partial charge on any atom is 0.343 e. The number of nitrogens with zero attached hydrogens (tertiary/aromatic N) is 1. The van der Waals surface area contributed by atoms with Gasteiger partial charge in [0.15, 0.2) is 11.7 Å². The molecule has 1 saturated heterocycles. The van der Waals surface area contributed by atoms with Gasteiger partial charge in [-0.2, -0.15) is 0 Å². The predicted octanol–water partition coefficient (Wildman–Crippen LogP) is 5.61. The number of fused-ring (bicyclic) bond motifs is 2. The molecule has 4 nitrogen and oxygen atoms in total. The Morgan fingerprint density at radius 1 is 1.09 bits per heavy atom. The van der Waals surface area contributed by atoms with Crippen LogP contribution >= 0.6 is 0 Å². The Bertz CT molecular complexity index is 1050. The van der Waals surface area contributed by atoms with Gasteiger partial charge in [-0.25, -0.2) is 13.6 Å². The zero-order valence-electron chi connectivity index (χ0n) is 20.6. The number of alkyl halides is 2. The SMILES string of the molecule is C[C@H](c1ccccc1)[N+]1(C)CC2CC[C@@H]1C2OC(=O)[C@](O)(c1ccccc1)[C@H]1CCCC(F)(F)C1. The number of carbonyl (C=O) groups is 1. The molecule has 1 heterocycles.